The molecule has 1 amide bonds. The van der Waals surface area contributed by atoms with E-state index < -0.39 is 5.97 Å². The number of rotatable bonds is 5. The third-order valence-electron chi connectivity index (χ3n) is 3.32. The van der Waals surface area contributed by atoms with Crippen LogP contribution < -0.4 is 5.32 Å². The van der Waals surface area contributed by atoms with Gasteiger partial charge >= 0.3 is 5.97 Å². The molecule has 6 heteroatoms. The fourth-order valence-electron chi connectivity index (χ4n) is 1.99. The zero-order chi connectivity index (χ0) is 17.1. The van der Waals surface area contributed by atoms with E-state index >= 15 is 0 Å². The van der Waals surface area contributed by atoms with Crippen molar-refractivity contribution in [2.75, 3.05) is 14.2 Å². The number of likely N-dealkylation sites (N-methyl/N-ethyl adjacent to an activating group) is 1. The number of carbonyl (C=O) groups excluding carboxylic acids is 2. The summed E-state index contributed by atoms with van der Waals surface area (Å²) < 4.78 is 10.3. The second kappa shape index (κ2) is 6.96. The minimum atomic E-state index is -0.423. The molecule has 0 aromatic carbocycles. The van der Waals surface area contributed by atoms with Gasteiger partial charge in [-0.25, -0.2) is 4.79 Å². The molecule has 1 heterocycles. The monoisotopic (exact) mass is 310 g/mol. The van der Waals surface area contributed by atoms with E-state index in [0.717, 1.165) is 0 Å². The minimum Gasteiger partial charge on any atom is -0.465 e. The predicted octanol–water partition coefficient (Wildman–Crippen LogP) is 2.11. The van der Waals surface area contributed by atoms with Crippen molar-refractivity contribution in [2.24, 2.45) is 0 Å². The highest BCUT2D eigenvalue weighted by Gasteiger charge is 2.24. The van der Waals surface area contributed by atoms with E-state index in [9.17, 15) is 9.59 Å². The van der Waals surface area contributed by atoms with E-state index in [4.69, 9.17) is 9.15 Å². The molecule has 0 aliphatic rings. The average Bonchev–Trinajstić information content (AvgIpc) is 2.75. The molecular weight excluding hydrogens is 284 g/mol. The van der Waals surface area contributed by atoms with Crippen LogP contribution >= 0.6 is 0 Å². The number of hydrogen-bond donors (Lipinski definition) is 1. The highest BCUT2D eigenvalue weighted by molar-refractivity contribution is 5.90. The number of hydrogen-bond acceptors (Lipinski definition) is 5. The van der Waals surface area contributed by atoms with Crippen molar-refractivity contribution < 1.29 is 18.7 Å². The Kier molecular flexibility index (Phi) is 5.77. The van der Waals surface area contributed by atoms with Gasteiger partial charge in [0.1, 0.15) is 17.1 Å². The molecule has 0 spiro atoms. The number of aryl methyl sites for hydroxylation is 1. The van der Waals surface area contributed by atoms with E-state index in [-0.39, 0.29) is 17.5 Å². The highest BCUT2D eigenvalue weighted by atomic mass is 16.5. The van der Waals surface area contributed by atoms with E-state index in [1.165, 1.54) is 7.11 Å². The summed E-state index contributed by atoms with van der Waals surface area (Å²) in [4.78, 5) is 25.6. The Morgan fingerprint density at radius 2 is 2.00 bits per heavy atom. The average molecular weight is 310 g/mol. The van der Waals surface area contributed by atoms with Crippen LogP contribution in [0.3, 0.4) is 0 Å². The van der Waals surface area contributed by atoms with Gasteiger partial charge in [0.2, 0.25) is 5.91 Å². The number of nitrogens with one attached hydrogen (secondary N) is 1. The SMILES string of the molecule is COC(=O)c1cc(CN(C)C(C)C(=O)NC(C)(C)C)oc1C. The van der Waals surface area contributed by atoms with Gasteiger partial charge in [-0.15, -0.1) is 0 Å². The molecule has 1 unspecified atom stereocenters. The van der Waals surface area contributed by atoms with Crippen LogP contribution in [0.1, 0.15) is 49.6 Å². The molecule has 1 aromatic rings. The van der Waals surface area contributed by atoms with E-state index in [1.807, 2.05) is 39.6 Å². The van der Waals surface area contributed by atoms with Gasteiger partial charge in [-0.05, 0) is 47.7 Å². The van der Waals surface area contributed by atoms with Gasteiger partial charge in [-0.2, -0.15) is 0 Å². The molecule has 0 aliphatic heterocycles. The maximum absolute atomic E-state index is 12.2. The molecule has 1 aromatic heterocycles. The molecule has 0 fully saturated rings. The summed E-state index contributed by atoms with van der Waals surface area (Å²) >= 11 is 0. The Hall–Kier alpha value is -1.82. The van der Waals surface area contributed by atoms with Crippen LogP contribution in [0.5, 0.6) is 0 Å². The van der Waals surface area contributed by atoms with E-state index in [1.54, 1.807) is 13.0 Å². The normalized spacial score (nSPS) is 13.1. The topological polar surface area (TPSA) is 71.8 Å². The summed E-state index contributed by atoms with van der Waals surface area (Å²) in [6.45, 7) is 9.79. The van der Waals surface area contributed by atoms with Crippen molar-refractivity contribution in [1.82, 2.24) is 10.2 Å². The molecule has 0 saturated carbocycles. The maximum Gasteiger partial charge on any atom is 0.341 e. The Bertz CT molecular complexity index is 543. The van der Waals surface area contributed by atoms with Crippen LogP contribution in [0.4, 0.5) is 0 Å². The van der Waals surface area contributed by atoms with E-state index in [2.05, 4.69) is 5.32 Å². The third-order valence-corrected chi connectivity index (χ3v) is 3.32. The summed E-state index contributed by atoms with van der Waals surface area (Å²) in [7, 11) is 3.17. The van der Waals surface area contributed by atoms with Crippen molar-refractivity contribution in [3.05, 3.63) is 23.2 Å². The molecule has 0 bridgehead atoms. The smallest absolute Gasteiger partial charge is 0.341 e. The molecule has 0 saturated heterocycles. The summed E-state index contributed by atoms with van der Waals surface area (Å²) in [5.74, 6) is 0.665. The molecule has 1 N–H and O–H groups in total. The Balaban J connectivity index is 2.74. The summed E-state index contributed by atoms with van der Waals surface area (Å²) in [6.07, 6.45) is 0. The number of amides is 1. The molecule has 6 nitrogen and oxygen atoms in total. The molecule has 124 valence electrons. The number of nitrogens with zero attached hydrogens (tertiary/aromatic N) is 1. The zero-order valence-electron chi connectivity index (χ0n) is 14.4. The first-order valence-electron chi connectivity index (χ1n) is 7.25. The lowest BCUT2D eigenvalue weighted by atomic mass is 10.1. The van der Waals surface area contributed by atoms with Crippen LogP contribution in [0.15, 0.2) is 10.5 Å². The standard InChI is InChI=1S/C16H26N2O4/c1-10(14(19)17-16(3,4)5)18(6)9-12-8-13(11(2)22-12)15(20)21-7/h8,10H,9H2,1-7H3,(H,17,19). The number of ether oxygens (including phenoxy) is 1. The van der Waals surface area contributed by atoms with Crippen molar-refractivity contribution in [3.63, 3.8) is 0 Å². The predicted molar refractivity (Wildman–Crippen MR) is 83.6 cm³/mol. The lowest BCUT2D eigenvalue weighted by Crippen LogP contribution is -2.49. The fraction of sp³-hybridized carbons (Fsp3) is 0.625. The first kappa shape index (κ1) is 18.2. The van der Waals surface area contributed by atoms with Gasteiger partial charge in [0, 0.05) is 5.54 Å². The summed E-state index contributed by atoms with van der Waals surface area (Å²) in [5, 5.41) is 2.94. The second-order valence-electron chi connectivity index (χ2n) is 6.50. The Morgan fingerprint density at radius 1 is 1.41 bits per heavy atom. The van der Waals surface area contributed by atoms with Gasteiger partial charge in [0.15, 0.2) is 0 Å². The molecule has 1 rings (SSSR count). The fourth-order valence-corrected chi connectivity index (χ4v) is 1.99. The Labute approximate surface area is 131 Å². The molecule has 0 aliphatic carbocycles. The summed E-state index contributed by atoms with van der Waals surface area (Å²) in [5.41, 5.74) is 0.142. The van der Waals surface area contributed by atoms with Crippen LogP contribution in [0, 0.1) is 6.92 Å². The molecule has 1 atom stereocenters. The zero-order valence-corrected chi connectivity index (χ0v) is 14.4. The van der Waals surface area contributed by atoms with Gasteiger partial charge < -0.3 is 14.5 Å². The molecule has 22 heavy (non-hydrogen) atoms. The van der Waals surface area contributed by atoms with Gasteiger partial charge in [-0.1, -0.05) is 0 Å². The Morgan fingerprint density at radius 3 is 2.50 bits per heavy atom. The summed E-state index contributed by atoms with van der Waals surface area (Å²) in [6, 6.07) is 1.35. The lowest BCUT2D eigenvalue weighted by Gasteiger charge is -2.27. The van der Waals surface area contributed by atoms with Gasteiger partial charge in [0.05, 0.1) is 19.7 Å². The number of methoxy groups -OCH3 is 1. The van der Waals surface area contributed by atoms with Gasteiger partial charge in [0.25, 0.3) is 0 Å². The van der Waals surface area contributed by atoms with Crippen LogP contribution in [-0.2, 0) is 16.1 Å². The molecular formula is C16H26N2O4. The van der Waals surface area contributed by atoms with Gasteiger partial charge in [-0.3, -0.25) is 9.69 Å². The third kappa shape index (κ3) is 4.87. The van der Waals surface area contributed by atoms with Crippen LogP contribution in [0.2, 0.25) is 0 Å². The minimum absolute atomic E-state index is 0.0496. The van der Waals surface area contributed by atoms with Crippen molar-refractivity contribution in [3.8, 4) is 0 Å². The number of furan rings is 1. The van der Waals surface area contributed by atoms with Crippen LogP contribution in [-0.4, -0.2) is 42.5 Å². The first-order chi connectivity index (χ1) is 10.0. The number of carbonyl (C=O) groups is 2. The van der Waals surface area contributed by atoms with Crippen molar-refractivity contribution in [2.45, 2.75) is 52.7 Å². The maximum atomic E-state index is 12.2. The van der Waals surface area contributed by atoms with E-state index in [0.29, 0.717) is 23.6 Å². The molecule has 0 radical (unpaired) electrons. The largest absolute Gasteiger partial charge is 0.465 e. The van der Waals surface area contributed by atoms with Crippen LogP contribution in [0.25, 0.3) is 0 Å². The first-order valence-corrected chi connectivity index (χ1v) is 7.25. The quantitative estimate of drug-likeness (QED) is 0.843. The number of esters is 1. The second-order valence-corrected chi connectivity index (χ2v) is 6.50. The lowest BCUT2D eigenvalue weighted by molar-refractivity contribution is -0.127. The highest BCUT2D eigenvalue weighted by Crippen LogP contribution is 2.17. The van der Waals surface area contributed by atoms with Crippen molar-refractivity contribution >= 4 is 11.9 Å². The van der Waals surface area contributed by atoms with Crippen molar-refractivity contribution in [1.29, 1.82) is 0 Å².